The molecule has 0 saturated heterocycles. The molecular weight excluding hydrogens is 190 g/mol. The van der Waals surface area contributed by atoms with E-state index in [0.717, 1.165) is 17.9 Å². The van der Waals surface area contributed by atoms with Crippen molar-refractivity contribution in [3.05, 3.63) is 23.8 Å². The third-order valence-corrected chi connectivity index (χ3v) is 2.96. The molecule has 1 aromatic rings. The number of benzene rings is 1. The molecule has 0 heterocycles. The second kappa shape index (κ2) is 4.53. The van der Waals surface area contributed by atoms with Gasteiger partial charge in [0.2, 0.25) is 0 Å². The van der Waals surface area contributed by atoms with E-state index in [0.29, 0.717) is 6.04 Å². The number of phenols is 1. The highest BCUT2D eigenvalue weighted by molar-refractivity contribution is 5.39. The number of hydrogen-bond acceptors (Lipinski definition) is 3. The summed E-state index contributed by atoms with van der Waals surface area (Å²) in [5.74, 6) is 1.00. The Bertz CT molecular complexity index is 334. The summed E-state index contributed by atoms with van der Waals surface area (Å²) >= 11 is 0. The van der Waals surface area contributed by atoms with Crippen LogP contribution in [0, 0.1) is 0 Å². The third kappa shape index (κ3) is 2.42. The first-order chi connectivity index (χ1) is 7.29. The van der Waals surface area contributed by atoms with Gasteiger partial charge in [0.15, 0.2) is 0 Å². The van der Waals surface area contributed by atoms with Gasteiger partial charge in [0.25, 0.3) is 0 Å². The highest BCUT2D eigenvalue weighted by atomic mass is 16.5. The molecule has 3 nitrogen and oxygen atoms in total. The fraction of sp³-hybridized carbons (Fsp3) is 0.500. The van der Waals surface area contributed by atoms with Crippen LogP contribution in [0.15, 0.2) is 18.2 Å². The van der Waals surface area contributed by atoms with Gasteiger partial charge in [0.1, 0.15) is 11.5 Å². The molecule has 1 aliphatic carbocycles. The largest absolute Gasteiger partial charge is 0.508 e. The molecular formula is C12H17NO2. The lowest BCUT2D eigenvalue weighted by atomic mass is 9.93. The molecule has 82 valence electrons. The van der Waals surface area contributed by atoms with Crippen molar-refractivity contribution in [1.82, 2.24) is 5.32 Å². The Labute approximate surface area is 90.1 Å². The Morgan fingerprint density at radius 2 is 2.27 bits per heavy atom. The lowest BCUT2D eigenvalue weighted by Gasteiger charge is -2.26. The van der Waals surface area contributed by atoms with Crippen molar-refractivity contribution in [2.24, 2.45) is 0 Å². The zero-order valence-corrected chi connectivity index (χ0v) is 8.99. The molecule has 0 amide bonds. The van der Waals surface area contributed by atoms with Gasteiger partial charge in [-0.05, 0) is 18.9 Å². The van der Waals surface area contributed by atoms with Gasteiger partial charge in [-0.15, -0.1) is 0 Å². The lowest BCUT2D eigenvalue weighted by Crippen LogP contribution is -2.34. The lowest BCUT2D eigenvalue weighted by molar-refractivity contribution is 0.334. The molecule has 2 rings (SSSR count). The van der Waals surface area contributed by atoms with Crippen LogP contribution in [0.3, 0.4) is 0 Å². The number of phenolic OH excluding ortho intramolecular Hbond substituents is 1. The second-order valence-corrected chi connectivity index (χ2v) is 4.00. The zero-order valence-electron chi connectivity index (χ0n) is 8.99. The van der Waals surface area contributed by atoms with E-state index in [-0.39, 0.29) is 5.75 Å². The maximum absolute atomic E-state index is 9.30. The number of ether oxygens (including phenoxy) is 1. The van der Waals surface area contributed by atoms with Gasteiger partial charge >= 0.3 is 0 Å². The molecule has 0 aliphatic heterocycles. The second-order valence-electron chi connectivity index (χ2n) is 4.00. The van der Waals surface area contributed by atoms with E-state index in [2.05, 4.69) is 5.32 Å². The van der Waals surface area contributed by atoms with Crippen LogP contribution in [0.25, 0.3) is 0 Å². The predicted octanol–water partition coefficient (Wildman–Crippen LogP) is 2.04. The summed E-state index contributed by atoms with van der Waals surface area (Å²) in [6.45, 7) is 0.814. The molecule has 0 bridgehead atoms. The summed E-state index contributed by atoms with van der Waals surface area (Å²) in [6.07, 6.45) is 3.89. The molecule has 1 saturated carbocycles. The van der Waals surface area contributed by atoms with Crippen LogP contribution >= 0.6 is 0 Å². The Kier molecular flexibility index (Phi) is 3.11. The average Bonchev–Trinajstić information content (AvgIpc) is 2.17. The van der Waals surface area contributed by atoms with Crippen molar-refractivity contribution in [2.45, 2.75) is 31.8 Å². The number of rotatable bonds is 4. The van der Waals surface area contributed by atoms with Crippen LogP contribution in [0.5, 0.6) is 11.5 Å². The van der Waals surface area contributed by atoms with E-state index in [1.54, 1.807) is 19.2 Å². The van der Waals surface area contributed by atoms with Gasteiger partial charge in [-0.1, -0.05) is 12.5 Å². The normalized spacial score (nSPS) is 16.1. The first kappa shape index (κ1) is 10.3. The number of methoxy groups -OCH3 is 1. The van der Waals surface area contributed by atoms with Gasteiger partial charge in [-0.2, -0.15) is 0 Å². The average molecular weight is 207 g/mol. The summed E-state index contributed by atoms with van der Waals surface area (Å²) in [5.41, 5.74) is 1.10. The topological polar surface area (TPSA) is 41.5 Å². The highest BCUT2D eigenvalue weighted by Gasteiger charge is 2.16. The number of nitrogens with one attached hydrogen (secondary N) is 1. The van der Waals surface area contributed by atoms with Gasteiger partial charge in [-0.3, -0.25) is 0 Å². The first-order valence-electron chi connectivity index (χ1n) is 5.39. The van der Waals surface area contributed by atoms with E-state index >= 15 is 0 Å². The third-order valence-electron chi connectivity index (χ3n) is 2.96. The van der Waals surface area contributed by atoms with Crippen LogP contribution in [0.2, 0.25) is 0 Å². The van der Waals surface area contributed by atoms with Gasteiger partial charge < -0.3 is 15.2 Å². The van der Waals surface area contributed by atoms with Crippen LogP contribution in [0.1, 0.15) is 24.8 Å². The summed E-state index contributed by atoms with van der Waals surface area (Å²) in [7, 11) is 1.63. The van der Waals surface area contributed by atoms with E-state index in [1.165, 1.54) is 19.3 Å². The van der Waals surface area contributed by atoms with Crippen molar-refractivity contribution in [3.63, 3.8) is 0 Å². The maximum Gasteiger partial charge on any atom is 0.127 e. The standard InChI is InChI=1S/C12H17NO2/c1-15-12-7-11(14)6-5-9(12)8-13-10-3-2-4-10/h5-7,10,13-14H,2-4,8H2,1H3. The molecule has 1 aliphatic rings. The maximum atomic E-state index is 9.30. The van der Waals surface area contributed by atoms with Crippen LogP contribution < -0.4 is 10.1 Å². The van der Waals surface area contributed by atoms with E-state index < -0.39 is 0 Å². The Hall–Kier alpha value is -1.22. The van der Waals surface area contributed by atoms with Gasteiger partial charge in [0, 0.05) is 24.2 Å². The van der Waals surface area contributed by atoms with Crippen molar-refractivity contribution in [2.75, 3.05) is 7.11 Å². The molecule has 15 heavy (non-hydrogen) atoms. The summed E-state index contributed by atoms with van der Waals surface area (Å²) in [4.78, 5) is 0. The summed E-state index contributed by atoms with van der Waals surface area (Å²) < 4.78 is 5.21. The minimum atomic E-state index is 0.249. The van der Waals surface area contributed by atoms with Crippen LogP contribution in [-0.4, -0.2) is 18.3 Å². The molecule has 3 heteroatoms. The SMILES string of the molecule is COc1cc(O)ccc1CNC1CCC1. The fourth-order valence-corrected chi connectivity index (χ4v) is 1.75. The molecule has 0 radical (unpaired) electrons. The zero-order chi connectivity index (χ0) is 10.7. The minimum absolute atomic E-state index is 0.249. The Balaban J connectivity index is 1.99. The Morgan fingerprint density at radius 3 is 2.87 bits per heavy atom. The van der Waals surface area contributed by atoms with Crippen LogP contribution in [-0.2, 0) is 6.54 Å². The summed E-state index contributed by atoms with van der Waals surface area (Å²) in [5, 5.41) is 12.8. The van der Waals surface area contributed by atoms with E-state index in [9.17, 15) is 5.11 Å². The Morgan fingerprint density at radius 1 is 1.47 bits per heavy atom. The molecule has 1 aromatic carbocycles. The molecule has 2 N–H and O–H groups in total. The van der Waals surface area contributed by atoms with Crippen molar-refractivity contribution in [1.29, 1.82) is 0 Å². The minimum Gasteiger partial charge on any atom is -0.508 e. The molecule has 0 atom stereocenters. The fourth-order valence-electron chi connectivity index (χ4n) is 1.75. The molecule has 0 spiro atoms. The number of aromatic hydroxyl groups is 1. The monoisotopic (exact) mass is 207 g/mol. The molecule has 1 fully saturated rings. The molecule has 0 aromatic heterocycles. The van der Waals surface area contributed by atoms with Gasteiger partial charge in [-0.25, -0.2) is 0 Å². The van der Waals surface area contributed by atoms with Crippen LogP contribution in [0.4, 0.5) is 0 Å². The van der Waals surface area contributed by atoms with Crippen molar-refractivity contribution < 1.29 is 9.84 Å². The van der Waals surface area contributed by atoms with Crippen molar-refractivity contribution >= 4 is 0 Å². The highest BCUT2D eigenvalue weighted by Crippen LogP contribution is 2.25. The summed E-state index contributed by atoms with van der Waals surface area (Å²) in [6, 6.07) is 5.92. The predicted molar refractivity (Wildman–Crippen MR) is 59.1 cm³/mol. The first-order valence-corrected chi connectivity index (χ1v) is 5.39. The quantitative estimate of drug-likeness (QED) is 0.794. The number of hydrogen-bond donors (Lipinski definition) is 2. The van der Waals surface area contributed by atoms with E-state index in [1.807, 2.05) is 6.07 Å². The van der Waals surface area contributed by atoms with Gasteiger partial charge in [0.05, 0.1) is 7.11 Å². The smallest absolute Gasteiger partial charge is 0.127 e. The van der Waals surface area contributed by atoms with Crippen molar-refractivity contribution in [3.8, 4) is 11.5 Å². The van der Waals surface area contributed by atoms with E-state index in [4.69, 9.17) is 4.74 Å². The molecule has 0 unspecified atom stereocenters.